The molecule has 4 rings (SSSR count). The van der Waals surface area contributed by atoms with Crippen molar-refractivity contribution in [1.82, 2.24) is 9.88 Å². The van der Waals surface area contributed by atoms with Crippen molar-refractivity contribution in [3.8, 4) is 5.75 Å². The Morgan fingerprint density at radius 3 is 2.73 bits per heavy atom. The van der Waals surface area contributed by atoms with Crippen LogP contribution >= 0.6 is 0 Å². The number of ether oxygens (including phenoxy) is 1. The Bertz CT molecular complexity index is 898. The van der Waals surface area contributed by atoms with Crippen molar-refractivity contribution in [2.45, 2.75) is 25.2 Å². The van der Waals surface area contributed by atoms with Gasteiger partial charge in [-0.2, -0.15) is 0 Å². The summed E-state index contributed by atoms with van der Waals surface area (Å²) in [5.41, 5.74) is 3.07. The highest BCUT2D eigenvalue weighted by Crippen LogP contribution is 2.29. The largest absolute Gasteiger partial charge is 0.497 e. The zero-order valence-corrected chi connectivity index (χ0v) is 15.1. The van der Waals surface area contributed by atoms with Crippen LogP contribution in [0.15, 0.2) is 54.7 Å². The molecule has 1 saturated heterocycles. The number of amides is 1. The van der Waals surface area contributed by atoms with Gasteiger partial charge >= 0.3 is 0 Å². The van der Waals surface area contributed by atoms with E-state index in [1.807, 2.05) is 47.5 Å². The van der Waals surface area contributed by atoms with E-state index in [2.05, 4.69) is 17.1 Å². The van der Waals surface area contributed by atoms with Crippen LogP contribution in [0.4, 0.5) is 0 Å². The molecule has 134 valence electrons. The SMILES string of the molecule is COc1ccc(C2CCCCN(C(=O)c3c[nH]c4ccccc34)C2)cc1. The molecule has 3 aromatic rings. The normalized spacial score (nSPS) is 17.9. The minimum absolute atomic E-state index is 0.128. The lowest BCUT2D eigenvalue weighted by Gasteiger charge is -2.25. The van der Waals surface area contributed by atoms with Gasteiger partial charge in [0.15, 0.2) is 0 Å². The van der Waals surface area contributed by atoms with Crippen molar-refractivity contribution in [3.05, 3.63) is 65.9 Å². The maximum Gasteiger partial charge on any atom is 0.256 e. The molecule has 2 heterocycles. The van der Waals surface area contributed by atoms with E-state index in [4.69, 9.17) is 4.74 Å². The van der Waals surface area contributed by atoms with E-state index in [0.717, 1.165) is 54.6 Å². The zero-order chi connectivity index (χ0) is 17.9. The van der Waals surface area contributed by atoms with Crippen LogP contribution in [-0.4, -0.2) is 36.0 Å². The minimum Gasteiger partial charge on any atom is -0.497 e. The second-order valence-corrected chi connectivity index (χ2v) is 6.96. The summed E-state index contributed by atoms with van der Waals surface area (Å²) in [7, 11) is 1.68. The van der Waals surface area contributed by atoms with E-state index in [-0.39, 0.29) is 5.91 Å². The monoisotopic (exact) mass is 348 g/mol. The predicted molar refractivity (Wildman–Crippen MR) is 104 cm³/mol. The number of carbonyl (C=O) groups is 1. The molecule has 4 nitrogen and oxygen atoms in total. The maximum atomic E-state index is 13.2. The summed E-state index contributed by atoms with van der Waals surface area (Å²) in [4.78, 5) is 18.4. The Labute approximate surface area is 153 Å². The Balaban J connectivity index is 1.58. The van der Waals surface area contributed by atoms with E-state index in [0.29, 0.717) is 5.92 Å². The zero-order valence-electron chi connectivity index (χ0n) is 15.1. The molecule has 1 amide bonds. The highest BCUT2D eigenvalue weighted by Gasteiger charge is 2.25. The van der Waals surface area contributed by atoms with Crippen LogP contribution in [0.5, 0.6) is 5.75 Å². The van der Waals surface area contributed by atoms with Gasteiger partial charge in [-0.25, -0.2) is 0 Å². The van der Waals surface area contributed by atoms with Gasteiger partial charge in [0.25, 0.3) is 5.91 Å². The molecule has 1 aromatic heterocycles. The van der Waals surface area contributed by atoms with Gasteiger partial charge in [-0.1, -0.05) is 36.8 Å². The van der Waals surface area contributed by atoms with Crippen LogP contribution in [0, 0.1) is 0 Å². The number of likely N-dealkylation sites (tertiary alicyclic amines) is 1. The summed E-state index contributed by atoms with van der Waals surface area (Å²) >= 11 is 0. The highest BCUT2D eigenvalue weighted by atomic mass is 16.5. The summed E-state index contributed by atoms with van der Waals surface area (Å²) in [6.45, 7) is 1.59. The minimum atomic E-state index is 0.128. The van der Waals surface area contributed by atoms with Crippen LogP contribution in [0.1, 0.15) is 41.1 Å². The molecule has 1 unspecified atom stereocenters. The van der Waals surface area contributed by atoms with Crippen molar-refractivity contribution in [2.75, 3.05) is 20.2 Å². The first-order chi connectivity index (χ1) is 12.8. The number of carbonyl (C=O) groups excluding carboxylic acids is 1. The number of aromatic amines is 1. The first-order valence-corrected chi connectivity index (χ1v) is 9.25. The lowest BCUT2D eigenvalue weighted by Crippen LogP contribution is -2.34. The average molecular weight is 348 g/mol. The van der Waals surface area contributed by atoms with Crippen LogP contribution in [0.2, 0.25) is 0 Å². The molecule has 0 aliphatic carbocycles. The molecular formula is C22H24N2O2. The van der Waals surface area contributed by atoms with Gasteiger partial charge in [0.1, 0.15) is 5.75 Å². The van der Waals surface area contributed by atoms with Crippen LogP contribution in [0.25, 0.3) is 10.9 Å². The number of rotatable bonds is 3. The smallest absolute Gasteiger partial charge is 0.256 e. The number of methoxy groups -OCH3 is 1. The topological polar surface area (TPSA) is 45.3 Å². The summed E-state index contributed by atoms with van der Waals surface area (Å²) in [6.07, 6.45) is 5.17. The Morgan fingerprint density at radius 2 is 1.92 bits per heavy atom. The van der Waals surface area contributed by atoms with Gasteiger partial charge in [0, 0.05) is 36.1 Å². The van der Waals surface area contributed by atoms with E-state index >= 15 is 0 Å². The van der Waals surface area contributed by atoms with Crippen LogP contribution in [-0.2, 0) is 0 Å². The van der Waals surface area contributed by atoms with E-state index in [1.165, 1.54) is 5.56 Å². The van der Waals surface area contributed by atoms with Gasteiger partial charge in [0.05, 0.1) is 12.7 Å². The number of nitrogens with one attached hydrogen (secondary N) is 1. The third kappa shape index (κ3) is 3.19. The number of benzene rings is 2. The molecule has 2 aromatic carbocycles. The van der Waals surface area contributed by atoms with Crippen molar-refractivity contribution < 1.29 is 9.53 Å². The number of aromatic nitrogens is 1. The quantitative estimate of drug-likeness (QED) is 0.753. The molecule has 0 radical (unpaired) electrons. The number of nitrogens with zero attached hydrogens (tertiary/aromatic N) is 1. The molecule has 4 heteroatoms. The second-order valence-electron chi connectivity index (χ2n) is 6.96. The Kier molecular flexibility index (Phi) is 4.65. The van der Waals surface area contributed by atoms with Crippen molar-refractivity contribution in [1.29, 1.82) is 0 Å². The second kappa shape index (κ2) is 7.24. The Hall–Kier alpha value is -2.75. The fourth-order valence-electron chi connectivity index (χ4n) is 3.89. The van der Waals surface area contributed by atoms with E-state index < -0.39 is 0 Å². The van der Waals surface area contributed by atoms with Gasteiger partial charge in [-0.15, -0.1) is 0 Å². The first kappa shape index (κ1) is 16.7. The Morgan fingerprint density at radius 1 is 1.12 bits per heavy atom. The molecule has 1 aliphatic heterocycles. The van der Waals surface area contributed by atoms with Crippen LogP contribution in [0.3, 0.4) is 0 Å². The summed E-state index contributed by atoms with van der Waals surface area (Å²) in [5, 5.41) is 1.00. The molecule has 0 saturated carbocycles. The van der Waals surface area contributed by atoms with Gasteiger partial charge in [-0.05, 0) is 36.6 Å². The van der Waals surface area contributed by atoms with Gasteiger partial charge in [-0.3, -0.25) is 4.79 Å². The summed E-state index contributed by atoms with van der Waals surface area (Å²) in [6, 6.07) is 16.3. The third-order valence-corrected chi connectivity index (χ3v) is 5.37. The third-order valence-electron chi connectivity index (χ3n) is 5.37. The predicted octanol–water partition coefficient (Wildman–Crippen LogP) is 4.59. The lowest BCUT2D eigenvalue weighted by molar-refractivity contribution is 0.0756. The maximum absolute atomic E-state index is 13.2. The van der Waals surface area contributed by atoms with Crippen molar-refractivity contribution in [2.24, 2.45) is 0 Å². The van der Waals surface area contributed by atoms with Gasteiger partial charge < -0.3 is 14.6 Å². The standard InChI is InChI=1S/C22H24N2O2/c1-26-18-11-9-16(10-12-18)17-6-4-5-13-24(15-17)22(25)20-14-23-21-8-3-2-7-19(20)21/h2-3,7-12,14,17,23H,4-6,13,15H2,1H3. The number of para-hydroxylation sites is 1. The molecule has 1 atom stereocenters. The first-order valence-electron chi connectivity index (χ1n) is 9.25. The number of hydrogen-bond donors (Lipinski definition) is 1. The number of H-pyrrole nitrogens is 1. The number of hydrogen-bond acceptors (Lipinski definition) is 2. The molecule has 0 bridgehead atoms. The highest BCUT2D eigenvalue weighted by molar-refractivity contribution is 6.06. The average Bonchev–Trinajstić information content (AvgIpc) is 2.96. The number of fused-ring (bicyclic) bond motifs is 1. The molecule has 1 aliphatic rings. The lowest BCUT2D eigenvalue weighted by atomic mass is 9.94. The van der Waals surface area contributed by atoms with E-state index in [1.54, 1.807) is 7.11 Å². The van der Waals surface area contributed by atoms with Crippen LogP contribution < -0.4 is 4.74 Å². The molecular weight excluding hydrogens is 324 g/mol. The molecule has 1 fully saturated rings. The van der Waals surface area contributed by atoms with Crippen molar-refractivity contribution >= 4 is 16.8 Å². The fraction of sp³-hybridized carbons (Fsp3) is 0.318. The summed E-state index contributed by atoms with van der Waals surface area (Å²) in [5.74, 6) is 1.37. The molecule has 0 spiro atoms. The van der Waals surface area contributed by atoms with Gasteiger partial charge in [0.2, 0.25) is 0 Å². The fourth-order valence-corrected chi connectivity index (χ4v) is 3.89. The van der Waals surface area contributed by atoms with Crippen molar-refractivity contribution in [3.63, 3.8) is 0 Å². The summed E-state index contributed by atoms with van der Waals surface area (Å²) < 4.78 is 5.26. The van der Waals surface area contributed by atoms with E-state index in [9.17, 15) is 4.79 Å². The molecule has 26 heavy (non-hydrogen) atoms. The molecule has 1 N–H and O–H groups in total.